The average molecular weight is 318 g/mol. The summed E-state index contributed by atoms with van der Waals surface area (Å²) in [5, 5.41) is 1.21. The Morgan fingerprint density at radius 3 is 2.71 bits per heavy atom. The van der Waals surface area contributed by atoms with Gasteiger partial charge in [0.2, 0.25) is 0 Å². The highest BCUT2D eigenvalue weighted by atomic mass is 35.5. The van der Waals surface area contributed by atoms with Gasteiger partial charge in [-0.15, -0.1) is 0 Å². The maximum absolute atomic E-state index is 6.54. The fourth-order valence-electron chi connectivity index (χ4n) is 4.09. The van der Waals surface area contributed by atoms with Gasteiger partial charge in [-0.1, -0.05) is 59.6 Å². The summed E-state index contributed by atoms with van der Waals surface area (Å²) in [5.74, 6) is 1.79. The Labute approximate surface area is 135 Å². The molecule has 0 aliphatic heterocycles. The van der Waals surface area contributed by atoms with Crippen LogP contribution in [0.25, 0.3) is 0 Å². The highest BCUT2D eigenvalue weighted by Crippen LogP contribution is 2.64. The van der Waals surface area contributed by atoms with Crippen LogP contribution in [0.2, 0.25) is 10.0 Å². The molecule has 2 aliphatic carbocycles. The molecule has 1 saturated carbocycles. The summed E-state index contributed by atoms with van der Waals surface area (Å²) in [6, 6.07) is 14.5. The van der Waals surface area contributed by atoms with Gasteiger partial charge >= 0.3 is 0 Å². The molecule has 2 N–H and O–H groups in total. The molecule has 0 aromatic heterocycles. The summed E-state index contributed by atoms with van der Waals surface area (Å²) in [6.45, 7) is 0. The molecule has 2 aliphatic rings. The van der Waals surface area contributed by atoms with Crippen LogP contribution in [0.1, 0.15) is 35.1 Å². The molecule has 108 valence electrons. The average Bonchev–Trinajstić information content (AvgIpc) is 3.24. The Morgan fingerprint density at radius 1 is 1.05 bits per heavy atom. The SMILES string of the molecule is NC(c1cccc(Cl)c1Cl)C1C2CCc3ccccc3C21. The van der Waals surface area contributed by atoms with Gasteiger partial charge in [0.05, 0.1) is 10.0 Å². The molecular formula is C18H17Cl2N. The predicted molar refractivity (Wildman–Crippen MR) is 87.9 cm³/mol. The zero-order valence-electron chi connectivity index (χ0n) is 11.6. The van der Waals surface area contributed by atoms with Crippen molar-refractivity contribution in [2.24, 2.45) is 17.6 Å². The van der Waals surface area contributed by atoms with E-state index in [9.17, 15) is 0 Å². The molecule has 0 radical (unpaired) electrons. The maximum atomic E-state index is 6.54. The van der Waals surface area contributed by atoms with Crippen molar-refractivity contribution in [2.45, 2.75) is 24.8 Å². The Hall–Kier alpha value is -1.02. The molecule has 1 fully saturated rings. The monoisotopic (exact) mass is 317 g/mol. The van der Waals surface area contributed by atoms with Crippen molar-refractivity contribution in [3.8, 4) is 0 Å². The number of halogens is 2. The second kappa shape index (κ2) is 5.01. The van der Waals surface area contributed by atoms with Crippen LogP contribution in [-0.2, 0) is 6.42 Å². The van der Waals surface area contributed by atoms with E-state index in [1.165, 1.54) is 24.0 Å². The molecule has 2 aromatic carbocycles. The summed E-state index contributed by atoms with van der Waals surface area (Å²) < 4.78 is 0. The maximum Gasteiger partial charge on any atom is 0.0640 e. The Balaban J connectivity index is 1.66. The number of fused-ring (bicyclic) bond motifs is 3. The molecule has 0 amide bonds. The summed E-state index contributed by atoms with van der Waals surface area (Å²) in [6.07, 6.45) is 2.40. The molecule has 4 atom stereocenters. The fraction of sp³-hybridized carbons (Fsp3) is 0.333. The molecule has 1 nitrogen and oxygen atoms in total. The third kappa shape index (κ3) is 2.11. The van der Waals surface area contributed by atoms with Gasteiger partial charge in [0.15, 0.2) is 0 Å². The predicted octanol–water partition coefficient (Wildman–Crippen LogP) is 4.97. The smallest absolute Gasteiger partial charge is 0.0640 e. The summed E-state index contributed by atoms with van der Waals surface area (Å²) in [7, 11) is 0. The van der Waals surface area contributed by atoms with E-state index >= 15 is 0 Å². The number of nitrogens with two attached hydrogens (primary N) is 1. The first-order chi connectivity index (χ1) is 10.2. The van der Waals surface area contributed by atoms with E-state index in [2.05, 4.69) is 24.3 Å². The lowest BCUT2D eigenvalue weighted by Crippen LogP contribution is -2.14. The van der Waals surface area contributed by atoms with Gasteiger partial charge < -0.3 is 5.73 Å². The summed E-state index contributed by atoms with van der Waals surface area (Å²) >= 11 is 12.5. The number of aryl methyl sites for hydroxylation is 1. The number of rotatable bonds is 2. The third-order valence-electron chi connectivity index (χ3n) is 5.15. The van der Waals surface area contributed by atoms with E-state index in [4.69, 9.17) is 28.9 Å². The Bertz CT molecular complexity index is 697. The van der Waals surface area contributed by atoms with Gasteiger partial charge in [-0.05, 0) is 53.4 Å². The molecule has 2 aromatic rings. The third-order valence-corrected chi connectivity index (χ3v) is 5.98. The van der Waals surface area contributed by atoms with Crippen LogP contribution in [-0.4, -0.2) is 0 Å². The normalized spacial score (nSPS) is 27.7. The van der Waals surface area contributed by atoms with E-state index in [-0.39, 0.29) is 6.04 Å². The second-order valence-corrected chi connectivity index (χ2v) is 6.96. The molecular weight excluding hydrogens is 301 g/mol. The van der Waals surface area contributed by atoms with E-state index in [1.54, 1.807) is 0 Å². The first-order valence-electron chi connectivity index (χ1n) is 7.46. The number of benzene rings is 2. The number of hydrogen-bond donors (Lipinski definition) is 1. The van der Waals surface area contributed by atoms with E-state index < -0.39 is 0 Å². The minimum atomic E-state index is -0.0302. The quantitative estimate of drug-likeness (QED) is 0.831. The topological polar surface area (TPSA) is 26.0 Å². The second-order valence-electron chi connectivity index (χ2n) is 6.17. The number of hydrogen-bond acceptors (Lipinski definition) is 1. The van der Waals surface area contributed by atoms with Gasteiger partial charge in [0.1, 0.15) is 0 Å². The summed E-state index contributed by atoms with van der Waals surface area (Å²) in [5.41, 5.74) is 10.5. The van der Waals surface area contributed by atoms with Crippen molar-refractivity contribution < 1.29 is 0 Å². The minimum Gasteiger partial charge on any atom is -0.324 e. The first-order valence-corrected chi connectivity index (χ1v) is 8.21. The van der Waals surface area contributed by atoms with Crippen molar-refractivity contribution >= 4 is 23.2 Å². The van der Waals surface area contributed by atoms with Gasteiger partial charge in [0, 0.05) is 6.04 Å². The lowest BCUT2D eigenvalue weighted by molar-refractivity contribution is 0.555. The molecule has 0 saturated heterocycles. The highest BCUT2D eigenvalue weighted by Gasteiger charge is 2.55. The standard InChI is InChI=1S/C18H17Cl2N/c19-14-7-3-6-13(17(14)20)18(21)16-12-9-8-10-4-1-2-5-11(10)15(12)16/h1-7,12,15-16,18H,8-9,21H2. The van der Waals surface area contributed by atoms with Crippen LogP contribution < -0.4 is 5.73 Å². The van der Waals surface area contributed by atoms with Crippen molar-refractivity contribution in [3.63, 3.8) is 0 Å². The Morgan fingerprint density at radius 2 is 1.86 bits per heavy atom. The molecule has 4 rings (SSSR count). The van der Waals surface area contributed by atoms with E-state index in [0.29, 0.717) is 27.8 Å². The first kappa shape index (κ1) is 13.6. The van der Waals surface area contributed by atoms with Gasteiger partial charge in [0.25, 0.3) is 0 Å². The summed E-state index contributed by atoms with van der Waals surface area (Å²) in [4.78, 5) is 0. The van der Waals surface area contributed by atoms with Crippen LogP contribution >= 0.6 is 23.2 Å². The van der Waals surface area contributed by atoms with Gasteiger partial charge in [-0.3, -0.25) is 0 Å². The Kier molecular flexibility index (Phi) is 3.25. The van der Waals surface area contributed by atoms with Crippen molar-refractivity contribution in [1.82, 2.24) is 0 Å². The lowest BCUT2D eigenvalue weighted by Gasteiger charge is -2.15. The van der Waals surface area contributed by atoms with Crippen LogP contribution in [0.5, 0.6) is 0 Å². The van der Waals surface area contributed by atoms with Gasteiger partial charge in [-0.2, -0.15) is 0 Å². The zero-order chi connectivity index (χ0) is 14.6. The van der Waals surface area contributed by atoms with Crippen molar-refractivity contribution in [1.29, 1.82) is 0 Å². The van der Waals surface area contributed by atoms with Gasteiger partial charge in [-0.25, -0.2) is 0 Å². The van der Waals surface area contributed by atoms with E-state index in [1.807, 2.05) is 18.2 Å². The molecule has 3 heteroatoms. The van der Waals surface area contributed by atoms with Crippen LogP contribution in [0.15, 0.2) is 42.5 Å². The fourth-order valence-corrected chi connectivity index (χ4v) is 4.53. The van der Waals surface area contributed by atoms with Crippen molar-refractivity contribution in [2.75, 3.05) is 0 Å². The van der Waals surface area contributed by atoms with Crippen LogP contribution in [0.3, 0.4) is 0 Å². The van der Waals surface area contributed by atoms with E-state index in [0.717, 1.165) is 5.56 Å². The van der Waals surface area contributed by atoms with Crippen LogP contribution in [0, 0.1) is 11.8 Å². The molecule has 0 heterocycles. The highest BCUT2D eigenvalue weighted by molar-refractivity contribution is 6.42. The molecule has 0 bridgehead atoms. The van der Waals surface area contributed by atoms with Crippen molar-refractivity contribution in [3.05, 3.63) is 69.2 Å². The van der Waals surface area contributed by atoms with Crippen LogP contribution in [0.4, 0.5) is 0 Å². The molecule has 0 spiro atoms. The minimum absolute atomic E-state index is 0.0302. The lowest BCUT2D eigenvalue weighted by atomic mass is 9.92. The molecule has 21 heavy (non-hydrogen) atoms. The largest absolute Gasteiger partial charge is 0.324 e. The zero-order valence-corrected chi connectivity index (χ0v) is 13.1. The molecule has 4 unspecified atom stereocenters.